The highest BCUT2D eigenvalue weighted by Crippen LogP contribution is 2.36. The molecule has 0 spiro atoms. The first-order valence-electron chi connectivity index (χ1n) is 11.3. The topological polar surface area (TPSA) is 105 Å². The number of methoxy groups -OCH3 is 1. The molecule has 1 aliphatic heterocycles. The highest BCUT2D eigenvalue weighted by Gasteiger charge is 2.38. The Labute approximate surface area is 218 Å². The van der Waals surface area contributed by atoms with Gasteiger partial charge in [-0.3, -0.25) is 19.2 Å². The minimum Gasteiger partial charge on any atom is -0.385 e. The predicted molar refractivity (Wildman–Crippen MR) is 140 cm³/mol. The molecule has 0 unspecified atom stereocenters. The van der Waals surface area contributed by atoms with Crippen LogP contribution in [0, 0.1) is 5.82 Å². The summed E-state index contributed by atoms with van der Waals surface area (Å²) in [5.41, 5.74) is 0.898. The number of sulfonamides is 1. The lowest BCUT2D eigenvalue weighted by Crippen LogP contribution is -2.33. The van der Waals surface area contributed by atoms with E-state index >= 15 is 0 Å². The van der Waals surface area contributed by atoms with Crippen LogP contribution in [0.4, 0.5) is 15.8 Å². The number of hydrogen-bond donors (Lipinski definition) is 2. The van der Waals surface area contributed by atoms with E-state index in [0.29, 0.717) is 29.3 Å². The second kappa shape index (κ2) is 11.6. The maximum absolute atomic E-state index is 13.3. The molecular weight excluding hydrogens is 517 g/mol. The third-order valence-corrected chi connectivity index (χ3v) is 7.84. The van der Waals surface area contributed by atoms with Gasteiger partial charge in [0, 0.05) is 36.5 Å². The number of hydrogen-bond acceptors (Lipinski definition) is 7. The number of ether oxygens (including phenoxy) is 1. The Bertz CT molecular complexity index is 1410. The van der Waals surface area contributed by atoms with Crippen molar-refractivity contribution in [1.82, 2.24) is 4.90 Å². The van der Waals surface area contributed by atoms with Crippen molar-refractivity contribution in [1.29, 1.82) is 0 Å². The number of rotatable bonds is 11. The third kappa shape index (κ3) is 6.37. The van der Waals surface area contributed by atoms with E-state index in [1.54, 1.807) is 42.5 Å². The Hall–Kier alpha value is -3.67. The maximum Gasteiger partial charge on any atom is 0.278 e. The number of amides is 2. The molecule has 2 N–H and O–H groups in total. The first-order valence-corrected chi connectivity index (χ1v) is 13.6. The van der Waals surface area contributed by atoms with Gasteiger partial charge in [0.05, 0.1) is 4.90 Å². The van der Waals surface area contributed by atoms with Crippen LogP contribution >= 0.6 is 11.8 Å². The van der Waals surface area contributed by atoms with E-state index in [-0.39, 0.29) is 22.0 Å². The lowest BCUT2D eigenvalue weighted by molar-refractivity contribution is -0.137. The van der Waals surface area contributed by atoms with Gasteiger partial charge in [0.2, 0.25) is 0 Å². The highest BCUT2D eigenvalue weighted by atomic mass is 32.2. The average Bonchev–Trinajstić information content (AvgIpc) is 3.11. The molecule has 192 valence electrons. The lowest BCUT2D eigenvalue weighted by Gasteiger charge is -2.14. The molecule has 0 saturated carbocycles. The number of carbonyl (C=O) groups excluding carboxylic acids is 2. The number of nitrogens with one attached hydrogen (secondary N) is 2. The summed E-state index contributed by atoms with van der Waals surface area (Å²) in [6.07, 6.45) is 0.478. The number of imide groups is 1. The summed E-state index contributed by atoms with van der Waals surface area (Å²) in [4.78, 5) is 28.4. The molecule has 37 heavy (non-hydrogen) atoms. The molecule has 0 aromatic heterocycles. The number of anilines is 2. The van der Waals surface area contributed by atoms with E-state index in [1.807, 2.05) is 0 Å². The van der Waals surface area contributed by atoms with E-state index in [0.717, 1.165) is 16.7 Å². The van der Waals surface area contributed by atoms with Gasteiger partial charge in [-0.1, -0.05) is 30.0 Å². The Kier molecular flexibility index (Phi) is 8.27. The molecule has 4 rings (SSSR count). The van der Waals surface area contributed by atoms with Gasteiger partial charge in [0.25, 0.3) is 21.8 Å². The molecule has 3 aromatic rings. The summed E-state index contributed by atoms with van der Waals surface area (Å²) in [7, 11) is -2.21. The monoisotopic (exact) mass is 541 g/mol. The van der Waals surface area contributed by atoms with Crippen molar-refractivity contribution in [2.24, 2.45) is 0 Å². The minimum atomic E-state index is -3.75. The van der Waals surface area contributed by atoms with Crippen molar-refractivity contribution in [2.45, 2.75) is 16.2 Å². The molecular formula is C26H24FN3O5S2. The smallest absolute Gasteiger partial charge is 0.278 e. The third-order valence-electron chi connectivity index (χ3n) is 5.35. The Balaban J connectivity index is 1.55. The van der Waals surface area contributed by atoms with Crippen LogP contribution in [0.2, 0.25) is 0 Å². The first kappa shape index (κ1) is 26.4. The zero-order valence-corrected chi connectivity index (χ0v) is 21.4. The second-order valence-corrected chi connectivity index (χ2v) is 10.8. The number of halogens is 1. The zero-order chi connectivity index (χ0) is 26.4. The van der Waals surface area contributed by atoms with Gasteiger partial charge in [-0.2, -0.15) is 0 Å². The van der Waals surface area contributed by atoms with Gasteiger partial charge in [-0.25, -0.2) is 12.8 Å². The van der Waals surface area contributed by atoms with Crippen LogP contribution < -0.4 is 10.0 Å². The molecule has 0 bridgehead atoms. The normalized spacial score (nSPS) is 13.8. The standard InChI is InChI=1S/C26H24FN3O5S2/c1-35-17-5-16-30-25(31)23(28-19-10-8-18(27)9-11-19)24(26(30)32)36-21-14-12-20(13-15-21)29-37(33,34)22-6-3-2-4-7-22/h2-4,6-15,28-29H,5,16-17H2,1H3. The molecule has 1 aliphatic rings. The van der Waals surface area contributed by atoms with Gasteiger partial charge in [-0.15, -0.1) is 0 Å². The highest BCUT2D eigenvalue weighted by molar-refractivity contribution is 8.04. The van der Waals surface area contributed by atoms with E-state index in [9.17, 15) is 22.4 Å². The van der Waals surface area contributed by atoms with Crippen LogP contribution in [-0.4, -0.2) is 45.4 Å². The molecule has 11 heteroatoms. The van der Waals surface area contributed by atoms with Crippen molar-refractivity contribution >= 4 is 45.0 Å². The molecule has 0 fully saturated rings. The summed E-state index contributed by atoms with van der Waals surface area (Å²) in [6, 6.07) is 19.9. The van der Waals surface area contributed by atoms with Crippen molar-refractivity contribution in [3.05, 3.63) is 95.3 Å². The van der Waals surface area contributed by atoms with Gasteiger partial charge >= 0.3 is 0 Å². The quantitative estimate of drug-likeness (QED) is 0.273. The number of nitrogens with zero attached hydrogens (tertiary/aromatic N) is 1. The predicted octanol–water partition coefficient (Wildman–Crippen LogP) is 4.45. The van der Waals surface area contributed by atoms with Crippen LogP contribution in [-0.2, 0) is 24.3 Å². The van der Waals surface area contributed by atoms with Crippen LogP contribution in [0.3, 0.4) is 0 Å². The molecule has 8 nitrogen and oxygen atoms in total. The molecule has 0 aliphatic carbocycles. The summed E-state index contributed by atoms with van der Waals surface area (Å²) >= 11 is 1.08. The van der Waals surface area contributed by atoms with Crippen LogP contribution in [0.15, 0.2) is 99.3 Å². The van der Waals surface area contributed by atoms with Crippen molar-refractivity contribution in [3.8, 4) is 0 Å². The summed E-state index contributed by atoms with van der Waals surface area (Å²) in [5, 5.41) is 2.96. The molecule has 0 saturated heterocycles. The van der Waals surface area contributed by atoms with E-state index in [4.69, 9.17) is 4.74 Å². The van der Waals surface area contributed by atoms with Crippen molar-refractivity contribution < 1.29 is 27.1 Å². The second-order valence-electron chi connectivity index (χ2n) is 7.99. The minimum absolute atomic E-state index is 0.0906. The van der Waals surface area contributed by atoms with E-state index < -0.39 is 27.7 Å². The zero-order valence-electron chi connectivity index (χ0n) is 19.8. The SMILES string of the molecule is COCCCN1C(=O)C(Nc2ccc(F)cc2)=C(Sc2ccc(NS(=O)(=O)c3ccccc3)cc2)C1=O. The first-order chi connectivity index (χ1) is 17.8. The van der Waals surface area contributed by atoms with Gasteiger partial charge in [-0.05, 0) is 67.1 Å². The number of benzene rings is 3. The summed E-state index contributed by atoms with van der Waals surface area (Å²) in [5.74, 6) is -1.36. The molecule has 2 amide bonds. The number of carbonyl (C=O) groups is 2. The fourth-order valence-corrected chi connectivity index (χ4v) is 5.55. The average molecular weight is 542 g/mol. The van der Waals surface area contributed by atoms with Crippen molar-refractivity contribution in [2.75, 3.05) is 30.3 Å². The molecule has 0 radical (unpaired) electrons. The van der Waals surface area contributed by atoms with Gasteiger partial charge in [0.15, 0.2) is 0 Å². The fourth-order valence-electron chi connectivity index (χ4n) is 3.53. The Morgan fingerprint density at radius 3 is 2.19 bits per heavy atom. The Morgan fingerprint density at radius 2 is 1.54 bits per heavy atom. The van der Waals surface area contributed by atoms with E-state index in [1.165, 1.54) is 43.5 Å². The van der Waals surface area contributed by atoms with E-state index in [2.05, 4.69) is 10.0 Å². The van der Waals surface area contributed by atoms with Crippen LogP contribution in [0.1, 0.15) is 6.42 Å². The summed E-state index contributed by atoms with van der Waals surface area (Å²) < 4.78 is 46.0. The Morgan fingerprint density at radius 1 is 0.892 bits per heavy atom. The maximum atomic E-state index is 13.3. The molecule has 3 aromatic carbocycles. The van der Waals surface area contributed by atoms with Gasteiger partial charge in [0.1, 0.15) is 16.4 Å². The largest absolute Gasteiger partial charge is 0.385 e. The fraction of sp³-hybridized carbons (Fsp3) is 0.154. The van der Waals surface area contributed by atoms with Gasteiger partial charge < -0.3 is 10.1 Å². The van der Waals surface area contributed by atoms with Crippen LogP contribution in [0.25, 0.3) is 0 Å². The number of thioether (sulfide) groups is 1. The van der Waals surface area contributed by atoms with Crippen molar-refractivity contribution in [3.63, 3.8) is 0 Å². The lowest BCUT2D eigenvalue weighted by atomic mass is 10.3. The molecule has 0 atom stereocenters. The van der Waals surface area contributed by atoms with Crippen LogP contribution in [0.5, 0.6) is 0 Å². The summed E-state index contributed by atoms with van der Waals surface area (Å²) in [6.45, 7) is 0.574. The molecule has 1 heterocycles.